The van der Waals surface area contributed by atoms with Crippen molar-refractivity contribution in [1.29, 1.82) is 0 Å². The highest BCUT2D eigenvalue weighted by atomic mass is 16.5. The molecule has 1 aliphatic rings. The van der Waals surface area contributed by atoms with E-state index in [0.29, 0.717) is 0 Å². The number of rotatable bonds is 7. The zero-order valence-electron chi connectivity index (χ0n) is 17.4. The maximum Gasteiger partial charge on any atom is 0.119 e. The monoisotopic (exact) mass is 383 g/mol. The van der Waals surface area contributed by atoms with Gasteiger partial charge < -0.3 is 10.1 Å². The fourth-order valence-electron chi connectivity index (χ4n) is 4.20. The Bertz CT molecular complexity index is 987. The number of hydrogen-bond donors (Lipinski definition) is 1. The molecular formula is C27H29NO. The summed E-state index contributed by atoms with van der Waals surface area (Å²) in [6, 6.07) is 26.5. The molecule has 29 heavy (non-hydrogen) atoms. The van der Waals surface area contributed by atoms with Gasteiger partial charge in [0.05, 0.1) is 7.11 Å². The Kier molecular flexibility index (Phi) is 6.12. The van der Waals surface area contributed by atoms with E-state index < -0.39 is 0 Å². The first-order valence-electron chi connectivity index (χ1n) is 10.6. The van der Waals surface area contributed by atoms with Gasteiger partial charge in [0.2, 0.25) is 0 Å². The lowest BCUT2D eigenvalue weighted by molar-refractivity contribution is 0.414. The summed E-state index contributed by atoms with van der Waals surface area (Å²) in [5.74, 6) is 0.935. The van der Waals surface area contributed by atoms with Gasteiger partial charge in [-0.2, -0.15) is 0 Å². The molecule has 3 aromatic carbocycles. The summed E-state index contributed by atoms with van der Waals surface area (Å²) in [4.78, 5) is 0. The average Bonchev–Trinajstić information content (AvgIpc) is 2.79. The number of aryl methyl sites for hydroxylation is 1. The Morgan fingerprint density at radius 3 is 2.38 bits per heavy atom. The summed E-state index contributed by atoms with van der Waals surface area (Å²) < 4.78 is 5.47. The second kappa shape index (κ2) is 9.11. The van der Waals surface area contributed by atoms with Gasteiger partial charge in [-0.05, 0) is 83.4 Å². The largest absolute Gasteiger partial charge is 0.497 e. The Morgan fingerprint density at radius 2 is 1.66 bits per heavy atom. The van der Waals surface area contributed by atoms with Gasteiger partial charge >= 0.3 is 0 Å². The van der Waals surface area contributed by atoms with Crippen molar-refractivity contribution in [2.75, 3.05) is 20.2 Å². The smallest absolute Gasteiger partial charge is 0.119 e. The molecule has 0 unspecified atom stereocenters. The van der Waals surface area contributed by atoms with Gasteiger partial charge in [0, 0.05) is 0 Å². The third-order valence-electron chi connectivity index (χ3n) is 5.73. The SMILES string of the molecule is CCNCCc1ccc(C2=C(c3ccccc3)CCc3cc(OC)ccc32)cc1. The standard InChI is InChI=1S/C27H29NO/c1-3-28-18-17-20-9-11-22(12-10-20)27-25(21-7-5-4-6-8-21)15-13-23-19-24(29-2)14-16-26(23)27/h4-12,14,16,19,28H,3,13,15,17-18H2,1-2H3. The van der Waals surface area contributed by atoms with Gasteiger partial charge in [-0.3, -0.25) is 0 Å². The zero-order valence-corrected chi connectivity index (χ0v) is 17.4. The fourth-order valence-corrected chi connectivity index (χ4v) is 4.20. The first-order valence-corrected chi connectivity index (χ1v) is 10.6. The van der Waals surface area contributed by atoms with Crippen molar-refractivity contribution in [1.82, 2.24) is 5.32 Å². The zero-order chi connectivity index (χ0) is 20.1. The van der Waals surface area contributed by atoms with E-state index in [2.05, 4.69) is 85.0 Å². The average molecular weight is 384 g/mol. The number of fused-ring (bicyclic) bond motifs is 1. The molecule has 2 nitrogen and oxygen atoms in total. The summed E-state index contributed by atoms with van der Waals surface area (Å²) in [7, 11) is 1.74. The first-order chi connectivity index (χ1) is 14.3. The van der Waals surface area contributed by atoms with Crippen LogP contribution >= 0.6 is 0 Å². The Balaban J connectivity index is 1.78. The van der Waals surface area contributed by atoms with Crippen LogP contribution in [0.3, 0.4) is 0 Å². The van der Waals surface area contributed by atoms with E-state index in [9.17, 15) is 0 Å². The van der Waals surface area contributed by atoms with E-state index in [0.717, 1.165) is 38.1 Å². The number of methoxy groups -OCH3 is 1. The molecule has 0 aliphatic heterocycles. The third kappa shape index (κ3) is 4.28. The lowest BCUT2D eigenvalue weighted by Crippen LogP contribution is -2.16. The summed E-state index contributed by atoms with van der Waals surface area (Å²) in [5.41, 5.74) is 9.48. The molecule has 4 rings (SSSR count). The molecule has 1 aliphatic carbocycles. The molecule has 0 radical (unpaired) electrons. The van der Waals surface area contributed by atoms with E-state index >= 15 is 0 Å². The molecule has 148 valence electrons. The van der Waals surface area contributed by atoms with Crippen molar-refractivity contribution in [2.24, 2.45) is 0 Å². The molecule has 0 bridgehead atoms. The van der Waals surface area contributed by atoms with E-state index in [4.69, 9.17) is 4.74 Å². The highest BCUT2D eigenvalue weighted by molar-refractivity contribution is 6.00. The van der Waals surface area contributed by atoms with Gasteiger partial charge in [0.1, 0.15) is 5.75 Å². The van der Waals surface area contributed by atoms with Crippen LogP contribution in [0.5, 0.6) is 5.75 Å². The van der Waals surface area contributed by atoms with Crippen LogP contribution in [0, 0.1) is 0 Å². The molecule has 0 heterocycles. The van der Waals surface area contributed by atoms with Crippen molar-refractivity contribution in [2.45, 2.75) is 26.2 Å². The number of likely N-dealkylation sites (N-methyl/N-ethyl adjacent to an activating group) is 1. The number of ether oxygens (including phenoxy) is 1. The minimum atomic E-state index is 0.935. The Morgan fingerprint density at radius 1 is 0.862 bits per heavy atom. The van der Waals surface area contributed by atoms with E-state index in [1.807, 2.05) is 0 Å². The molecule has 0 fully saturated rings. The van der Waals surface area contributed by atoms with E-state index in [-0.39, 0.29) is 0 Å². The van der Waals surface area contributed by atoms with Crippen LogP contribution in [0.25, 0.3) is 11.1 Å². The molecule has 2 heteroatoms. The lowest BCUT2D eigenvalue weighted by atomic mass is 9.79. The van der Waals surface area contributed by atoms with Gasteiger partial charge in [-0.15, -0.1) is 0 Å². The fraction of sp³-hybridized carbons (Fsp3) is 0.259. The second-order valence-corrected chi connectivity index (χ2v) is 7.54. The van der Waals surface area contributed by atoms with Crippen LogP contribution in [0.2, 0.25) is 0 Å². The molecule has 0 saturated carbocycles. The second-order valence-electron chi connectivity index (χ2n) is 7.54. The first kappa shape index (κ1) is 19.5. The molecule has 1 N–H and O–H groups in total. The minimum absolute atomic E-state index is 0.935. The van der Waals surface area contributed by atoms with Crippen LogP contribution in [-0.4, -0.2) is 20.2 Å². The van der Waals surface area contributed by atoms with E-state index in [1.165, 1.54) is 39.0 Å². The van der Waals surface area contributed by atoms with Crippen molar-refractivity contribution >= 4 is 11.1 Å². The van der Waals surface area contributed by atoms with Gasteiger partial charge in [0.15, 0.2) is 0 Å². The normalized spacial score (nSPS) is 13.3. The highest BCUT2D eigenvalue weighted by Crippen LogP contribution is 2.41. The molecule has 0 aromatic heterocycles. The van der Waals surface area contributed by atoms with Crippen LogP contribution < -0.4 is 10.1 Å². The summed E-state index contributed by atoms with van der Waals surface area (Å²) in [5, 5.41) is 3.41. The Labute approximate surface area is 174 Å². The van der Waals surface area contributed by atoms with Gasteiger partial charge in [-0.1, -0.05) is 67.6 Å². The van der Waals surface area contributed by atoms with Gasteiger partial charge in [0.25, 0.3) is 0 Å². The highest BCUT2D eigenvalue weighted by Gasteiger charge is 2.22. The number of allylic oxidation sites excluding steroid dienone is 1. The lowest BCUT2D eigenvalue weighted by Gasteiger charge is -2.25. The number of hydrogen-bond acceptors (Lipinski definition) is 2. The number of nitrogens with one attached hydrogen (secondary N) is 1. The third-order valence-corrected chi connectivity index (χ3v) is 5.73. The topological polar surface area (TPSA) is 21.3 Å². The van der Waals surface area contributed by atoms with Crippen molar-refractivity contribution < 1.29 is 4.74 Å². The summed E-state index contributed by atoms with van der Waals surface area (Å²) >= 11 is 0. The van der Waals surface area contributed by atoms with Gasteiger partial charge in [-0.25, -0.2) is 0 Å². The van der Waals surface area contributed by atoms with Crippen LogP contribution in [0.1, 0.15) is 41.2 Å². The maximum atomic E-state index is 5.47. The van der Waals surface area contributed by atoms with Crippen molar-refractivity contribution in [3.63, 3.8) is 0 Å². The molecule has 0 amide bonds. The number of benzene rings is 3. The molecular weight excluding hydrogens is 354 g/mol. The van der Waals surface area contributed by atoms with E-state index in [1.54, 1.807) is 7.11 Å². The van der Waals surface area contributed by atoms with Crippen LogP contribution in [0.15, 0.2) is 72.8 Å². The van der Waals surface area contributed by atoms with Crippen molar-refractivity contribution in [3.8, 4) is 5.75 Å². The summed E-state index contributed by atoms with van der Waals surface area (Å²) in [6.45, 7) is 4.19. The maximum absolute atomic E-state index is 5.47. The molecule has 0 spiro atoms. The minimum Gasteiger partial charge on any atom is -0.497 e. The van der Waals surface area contributed by atoms with Crippen LogP contribution in [0.4, 0.5) is 0 Å². The molecule has 0 saturated heterocycles. The molecule has 0 atom stereocenters. The van der Waals surface area contributed by atoms with Crippen molar-refractivity contribution in [3.05, 3.63) is 101 Å². The Hall–Kier alpha value is -2.84. The van der Waals surface area contributed by atoms with Crippen LogP contribution in [-0.2, 0) is 12.8 Å². The summed E-state index contributed by atoms with van der Waals surface area (Å²) in [6.07, 6.45) is 3.15. The molecule has 3 aromatic rings. The quantitative estimate of drug-likeness (QED) is 0.524. The predicted molar refractivity (Wildman–Crippen MR) is 122 cm³/mol. The predicted octanol–water partition coefficient (Wildman–Crippen LogP) is 5.75.